The normalized spacial score (nSPS) is 14.1. The number of piperidine rings is 1. The lowest BCUT2D eigenvalue weighted by molar-refractivity contribution is -0.121. The molecule has 0 atom stereocenters. The molecule has 0 saturated carbocycles. The second-order valence-corrected chi connectivity index (χ2v) is 7.43. The minimum Gasteiger partial charge on any atom is -0.496 e. The Balaban J connectivity index is 1.53. The number of carbonyl (C=O) groups excluding carboxylic acids is 2. The number of amides is 2. The van der Waals surface area contributed by atoms with Crippen LogP contribution >= 0.6 is 0 Å². The summed E-state index contributed by atoms with van der Waals surface area (Å²) in [5, 5.41) is 3.09. The second kappa shape index (κ2) is 10.7. The van der Waals surface area contributed by atoms with Crippen LogP contribution in [-0.2, 0) is 11.2 Å². The van der Waals surface area contributed by atoms with Crippen LogP contribution in [0.2, 0.25) is 0 Å². The van der Waals surface area contributed by atoms with Crippen molar-refractivity contribution in [3.8, 4) is 17.2 Å². The fraction of sp³-hybridized carbons (Fsp3) is 0.417. The first kappa shape index (κ1) is 22.5. The Morgan fingerprint density at radius 2 is 1.61 bits per heavy atom. The van der Waals surface area contributed by atoms with Crippen LogP contribution in [0.5, 0.6) is 17.2 Å². The minimum absolute atomic E-state index is 0.0136. The number of likely N-dealkylation sites (tertiary alicyclic amines) is 1. The maximum atomic E-state index is 13.1. The van der Waals surface area contributed by atoms with E-state index >= 15 is 0 Å². The molecule has 31 heavy (non-hydrogen) atoms. The first-order chi connectivity index (χ1) is 15.0. The van der Waals surface area contributed by atoms with Crippen molar-refractivity contribution in [3.05, 3.63) is 53.6 Å². The molecule has 1 aliphatic rings. The van der Waals surface area contributed by atoms with Crippen LogP contribution in [0.3, 0.4) is 0 Å². The van der Waals surface area contributed by atoms with E-state index in [9.17, 15) is 9.59 Å². The zero-order chi connectivity index (χ0) is 22.2. The van der Waals surface area contributed by atoms with Gasteiger partial charge < -0.3 is 24.4 Å². The Kier molecular flexibility index (Phi) is 7.76. The highest BCUT2D eigenvalue weighted by atomic mass is 16.5. The lowest BCUT2D eigenvalue weighted by atomic mass is 10.0. The van der Waals surface area contributed by atoms with Gasteiger partial charge in [-0.3, -0.25) is 9.59 Å². The third-order valence-corrected chi connectivity index (χ3v) is 5.39. The Morgan fingerprint density at radius 1 is 1.00 bits per heavy atom. The predicted molar refractivity (Wildman–Crippen MR) is 118 cm³/mol. The lowest BCUT2D eigenvalue weighted by Gasteiger charge is -2.33. The lowest BCUT2D eigenvalue weighted by Crippen LogP contribution is -2.47. The van der Waals surface area contributed by atoms with Gasteiger partial charge >= 0.3 is 0 Å². The van der Waals surface area contributed by atoms with Gasteiger partial charge in [0.2, 0.25) is 5.91 Å². The molecule has 0 radical (unpaired) electrons. The molecule has 166 valence electrons. The molecule has 1 heterocycles. The maximum absolute atomic E-state index is 13.1. The molecule has 0 aliphatic carbocycles. The highest BCUT2D eigenvalue weighted by Gasteiger charge is 2.28. The van der Waals surface area contributed by atoms with Crippen molar-refractivity contribution >= 4 is 11.8 Å². The van der Waals surface area contributed by atoms with Crippen molar-refractivity contribution in [1.82, 2.24) is 10.2 Å². The van der Waals surface area contributed by atoms with Crippen molar-refractivity contribution in [1.29, 1.82) is 0 Å². The number of benzene rings is 2. The van der Waals surface area contributed by atoms with Gasteiger partial charge in [-0.25, -0.2) is 0 Å². The summed E-state index contributed by atoms with van der Waals surface area (Å²) in [6.07, 6.45) is 1.74. The van der Waals surface area contributed by atoms with E-state index in [0.29, 0.717) is 56.0 Å². The van der Waals surface area contributed by atoms with Gasteiger partial charge in [0, 0.05) is 19.1 Å². The van der Waals surface area contributed by atoms with Gasteiger partial charge in [0.15, 0.2) is 0 Å². The molecule has 3 rings (SSSR count). The van der Waals surface area contributed by atoms with Crippen LogP contribution in [0.25, 0.3) is 0 Å². The first-order valence-electron chi connectivity index (χ1n) is 10.6. The van der Waals surface area contributed by atoms with Crippen LogP contribution in [-0.4, -0.2) is 56.7 Å². The Hall–Kier alpha value is -3.22. The van der Waals surface area contributed by atoms with Crippen LogP contribution in [0.4, 0.5) is 0 Å². The van der Waals surface area contributed by atoms with E-state index in [1.54, 1.807) is 23.1 Å². The number of methoxy groups -OCH3 is 2. The van der Waals surface area contributed by atoms with Gasteiger partial charge in [0.25, 0.3) is 5.91 Å². The number of hydrogen-bond acceptors (Lipinski definition) is 5. The van der Waals surface area contributed by atoms with Crippen molar-refractivity contribution < 1.29 is 23.8 Å². The second-order valence-electron chi connectivity index (χ2n) is 7.43. The topological polar surface area (TPSA) is 77.1 Å². The summed E-state index contributed by atoms with van der Waals surface area (Å²) in [5.41, 5.74) is 1.38. The monoisotopic (exact) mass is 426 g/mol. The van der Waals surface area contributed by atoms with Gasteiger partial charge in [-0.1, -0.05) is 18.2 Å². The number of nitrogens with one attached hydrogen (secondary N) is 1. The fourth-order valence-corrected chi connectivity index (χ4v) is 3.78. The third-order valence-electron chi connectivity index (χ3n) is 5.39. The van der Waals surface area contributed by atoms with Gasteiger partial charge in [-0.05, 0) is 49.6 Å². The van der Waals surface area contributed by atoms with Crippen LogP contribution in [0.1, 0.15) is 35.7 Å². The van der Waals surface area contributed by atoms with Crippen LogP contribution in [0.15, 0.2) is 42.5 Å². The van der Waals surface area contributed by atoms with Gasteiger partial charge in [-0.15, -0.1) is 0 Å². The standard InChI is InChI=1S/C24H30N2O5/c1-4-31-19-10-8-17(9-11-19)16-22(27)25-18-12-14-26(15-13-18)24(28)23-20(29-2)6-5-7-21(23)30-3/h5-11,18H,4,12-16H2,1-3H3,(H,25,27). The van der Waals surface area contributed by atoms with E-state index in [1.165, 1.54) is 14.2 Å². The van der Waals surface area contributed by atoms with Gasteiger partial charge in [-0.2, -0.15) is 0 Å². The largest absolute Gasteiger partial charge is 0.496 e. The van der Waals surface area contributed by atoms with E-state index in [0.717, 1.165) is 11.3 Å². The minimum atomic E-state index is -0.117. The summed E-state index contributed by atoms with van der Waals surface area (Å²) < 4.78 is 16.1. The molecule has 1 N–H and O–H groups in total. The highest BCUT2D eigenvalue weighted by molar-refractivity contribution is 5.99. The zero-order valence-electron chi connectivity index (χ0n) is 18.3. The summed E-state index contributed by atoms with van der Waals surface area (Å²) in [6.45, 7) is 3.68. The molecule has 2 amide bonds. The summed E-state index contributed by atoms with van der Waals surface area (Å²) in [7, 11) is 3.08. The van der Waals surface area contributed by atoms with Crippen molar-refractivity contribution in [2.45, 2.75) is 32.2 Å². The quantitative estimate of drug-likeness (QED) is 0.702. The van der Waals surface area contributed by atoms with Crippen molar-refractivity contribution in [3.63, 3.8) is 0 Å². The number of ether oxygens (including phenoxy) is 3. The Labute approximate surface area is 183 Å². The zero-order valence-corrected chi connectivity index (χ0v) is 18.3. The summed E-state index contributed by atoms with van der Waals surface area (Å²) in [4.78, 5) is 27.3. The summed E-state index contributed by atoms with van der Waals surface area (Å²) >= 11 is 0. The van der Waals surface area contributed by atoms with Crippen molar-refractivity contribution in [2.24, 2.45) is 0 Å². The number of rotatable bonds is 8. The van der Waals surface area contributed by atoms with E-state index in [1.807, 2.05) is 31.2 Å². The highest BCUT2D eigenvalue weighted by Crippen LogP contribution is 2.30. The van der Waals surface area contributed by atoms with E-state index in [2.05, 4.69) is 5.32 Å². The molecule has 1 aliphatic heterocycles. The number of carbonyl (C=O) groups is 2. The first-order valence-corrected chi connectivity index (χ1v) is 10.6. The molecule has 2 aromatic rings. The van der Waals surface area contributed by atoms with Crippen LogP contribution < -0.4 is 19.5 Å². The Bertz CT molecular complexity index is 867. The Morgan fingerprint density at radius 3 is 2.16 bits per heavy atom. The van der Waals surface area contributed by atoms with Crippen LogP contribution in [0, 0.1) is 0 Å². The molecular formula is C24H30N2O5. The molecule has 1 saturated heterocycles. The number of hydrogen-bond donors (Lipinski definition) is 1. The predicted octanol–water partition coefficient (Wildman–Crippen LogP) is 3.07. The fourth-order valence-electron chi connectivity index (χ4n) is 3.78. The van der Waals surface area contributed by atoms with Gasteiger partial charge in [0.05, 0.1) is 27.2 Å². The molecule has 1 fully saturated rings. The molecule has 0 unspecified atom stereocenters. The smallest absolute Gasteiger partial charge is 0.261 e. The van der Waals surface area contributed by atoms with E-state index in [-0.39, 0.29) is 17.9 Å². The summed E-state index contributed by atoms with van der Waals surface area (Å²) in [5.74, 6) is 1.66. The summed E-state index contributed by atoms with van der Waals surface area (Å²) in [6, 6.07) is 12.9. The molecule has 0 aromatic heterocycles. The molecule has 0 spiro atoms. The average molecular weight is 427 g/mol. The molecule has 7 heteroatoms. The maximum Gasteiger partial charge on any atom is 0.261 e. The third kappa shape index (κ3) is 5.69. The van der Waals surface area contributed by atoms with Gasteiger partial charge in [0.1, 0.15) is 22.8 Å². The van der Waals surface area contributed by atoms with Crippen molar-refractivity contribution in [2.75, 3.05) is 33.9 Å². The average Bonchev–Trinajstić information content (AvgIpc) is 2.80. The molecule has 0 bridgehead atoms. The molecule has 2 aromatic carbocycles. The SMILES string of the molecule is CCOc1ccc(CC(=O)NC2CCN(C(=O)c3c(OC)cccc3OC)CC2)cc1. The molecular weight excluding hydrogens is 396 g/mol. The molecule has 7 nitrogen and oxygen atoms in total. The number of nitrogens with zero attached hydrogens (tertiary/aromatic N) is 1. The van der Waals surface area contributed by atoms with E-state index < -0.39 is 0 Å². The van der Waals surface area contributed by atoms with E-state index in [4.69, 9.17) is 14.2 Å².